The van der Waals surface area contributed by atoms with Gasteiger partial charge in [0.25, 0.3) is 0 Å². The predicted octanol–water partition coefficient (Wildman–Crippen LogP) is 4.72. The van der Waals surface area contributed by atoms with Crippen LogP contribution in [0.5, 0.6) is 0 Å². The molecular weight excluding hydrogens is 266 g/mol. The first-order chi connectivity index (χ1) is 9.83. The summed E-state index contributed by atoms with van der Waals surface area (Å²) < 4.78 is 0. The highest BCUT2D eigenvalue weighted by Crippen LogP contribution is 2.29. The number of halogens is 1. The lowest BCUT2D eigenvalue weighted by Crippen LogP contribution is -2.27. The first kappa shape index (κ1) is 13.7. The van der Waals surface area contributed by atoms with Crippen LogP contribution in [0.15, 0.2) is 54.6 Å². The molecule has 1 nitrogen and oxygen atoms in total. The van der Waals surface area contributed by atoms with Gasteiger partial charge in [0.15, 0.2) is 0 Å². The van der Waals surface area contributed by atoms with Crippen molar-refractivity contribution in [3.63, 3.8) is 0 Å². The van der Waals surface area contributed by atoms with Gasteiger partial charge in [-0.05, 0) is 55.6 Å². The van der Waals surface area contributed by atoms with Crippen LogP contribution in [-0.4, -0.2) is 18.0 Å². The van der Waals surface area contributed by atoms with Crippen LogP contribution >= 0.6 is 11.6 Å². The van der Waals surface area contributed by atoms with E-state index in [1.54, 1.807) is 0 Å². The van der Waals surface area contributed by atoms with E-state index in [0.717, 1.165) is 11.4 Å². The highest BCUT2D eigenvalue weighted by Gasteiger charge is 2.23. The lowest BCUT2D eigenvalue weighted by molar-refractivity contribution is 0.244. The maximum Gasteiger partial charge on any atom is 0.0406 e. The minimum absolute atomic E-state index is 0.470. The molecule has 1 heterocycles. The number of benzene rings is 2. The smallest absolute Gasteiger partial charge is 0.0406 e. The molecule has 0 aromatic heterocycles. The Balaban J connectivity index is 1.85. The molecule has 104 valence electrons. The van der Waals surface area contributed by atoms with E-state index < -0.39 is 0 Å². The zero-order chi connectivity index (χ0) is 13.8. The van der Waals surface area contributed by atoms with Crippen LogP contribution in [0.25, 0.3) is 0 Å². The SMILES string of the molecule is Clc1ccc(C(Cc2ccccc2)N2CCCC2)cc1. The van der Waals surface area contributed by atoms with Crippen molar-refractivity contribution in [3.8, 4) is 0 Å². The molecule has 1 saturated heterocycles. The van der Waals surface area contributed by atoms with Gasteiger partial charge in [0.1, 0.15) is 0 Å². The number of hydrogen-bond acceptors (Lipinski definition) is 1. The number of nitrogens with zero attached hydrogens (tertiary/aromatic N) is 1. The van der Waals surface area contributed by atoms with Crippen LogP contribution in [0.4, 0.5) is 0 Å². The van der Waals surface area contributed by atoms with Crippen molar-refractivity contribution >= 4 is 11.6 Å². The Morgan fingerprint density at radius 1 is 0.900 bits per heavy atom. The maximum absolute atomic E-state index is 6.02. The molecular formula is C18H20ClN. The fourth-order valence-electron chi connectivity index (χ4n) is 3.03. The third kappa shape index (κ3) is 3.23. The lowest BCUT2D eigenvalue weighted by Gasteiger charge is -2.28. The fourth-order valence-corrected chi connectivity index (χ4v) is 3.16. The third-order valence-electron chi connectivity index (χ3n) is 4.11. The summed E-state index contributed by atoms with van der Waals surface area (Å²) in [6, 6.07) is 19.6. The summed E-state index contributed by atoms with van der Waals surface area (Å²) in [7, 11) is 0. The van der Waals surface area contributed by atoms with Gasteiger partial charge < -0.3 is 0 Å². The first-order valence-corrected chi connectivity index (χ1v) is 7.74. The third-order valence-corrected chi connectivity index (χ3v) is 4.36. The maximum atomic E-state index is 6.02. The summed E-state index contributed by atoms with van der Waals surface area (Å²) in [5, 5.41) is 0.814. The van der Waals surface area contributed by atoms with E-state index >= 15 is 0 Å². The topological polar surface area (TPSA) is 3.24 Å². The summed E-state index contributed by atoms with van der Waals surface area (Å²) in [5.41, 5.74) is 2.78. The van der Waals surface area contributed by atoms with E-state index in [1.165, 1.54) is 37.1 Å². The van der Waals surface area contributed by atoms with Gasteiger partial charge in [-0.1, -0.05) is 54.1 Å². The molecule has 1 atom stereocenters. The highest BCUT2D eigenvalue weighted by molar-refractivity contribution is 6.30. The normalized spacial score (nSPS) is 17.2. The Labute approximate surface area is 126 Å². The van der Waals surface area contributed by atoms with Crippen molar-refractivity contribution in [1.29, 1.82) is 0 Å². The molecule has 0 bridgehead atoms. The summed E-state index contributed by atoms with van der Waals surface area (Å²) in [6.45, 7) is 2.42. The van der Waals surface area contributed by atoms with Gasteiger partial charge in [-0.2, -0.15) is 0 Å². The van der Waals surface area contributed by atoms with Crippen molar-refractivity contribution in [3.05, 3.63) is 70.7 Å². The minimum Gasteiger partial charge on any atom is -0.296 e. The highest BCUT2D eigenvalue weighted by atomic mass is 35.5. The standard InChI is InChI=1S/C18H20ClN/c19-17-10-8-16(9-11-17)18(20-12-4-5-13-20)14-15-6-2-1-3-7-15/h1-3,6-11,18H,4-5,12-14H2. The van der Waals surface area contributed by atoms with Gasteiger partial charge in [0.2, 0.25) is 0 Å². The molecule has 2 heteroatoms. The number of rotatable bonds is 4. The Morgan fingerprint density at radius 2 is 1.55 bits per heavy atom. The Hall–Kier alpha value is -1.31. The molecule has 1 aliphatic rings. The summed E-state index contributed by atoms with van der Waals surface area (Å²) >= 11 is 6.02. The zero-order valence-electron chi connectivity index (χ0n) is 11.6. The van der Waals surface area contributed by atoms with Crippen molar-refractivity contribution in [2.24, 2.45) is 0 Å². The monoisotopic (exact) mass is 285 g/mol. The molecule has 3 rings (SSSR count). The van der Waals surface area contributed by atoms with E-state index in [4.69, 9.17) is 11.6 Å². The van der Waals surface area contributed by atoms with E-state index in [-0.39, 0.29) is 0 Å². The van der Waals surface area contributed by atoms with Crippen LogP contribution in [-0.2, 0) is 6.42 Å². The van der Waals surface area contributed by atoms with Crippen LogP contribution in [0.3, 0.4) is 0 Å². The Morgan fingerprint density at radius 3 is 2.20 bits per heavy atom. The Bertz CT molecular complexity index is 529. The summed E-state index contributed by atoms with van der Waals surface area (Å²) in [4.78, 5) is 2.61. The van der Waals surface area contributed by atoms with Crippen LogP contribution < -0.4 is 0 Å². The Kier molecular flexibility index (Phi) is 4.39. The van der Waals surface area contributed by atoms with Crippen molar-refractivity contribution in [2.45, 2.75) is 25.3 Å². The quantitative estimate of drug-likeness (QED) is 0.786. The molecule has 1 unspecified atom stereocenters. The summed E-state index contributed by atoms with van der Waals surface area (Å²) in [5.74, 6) is 0. The number of likely N-dealkylation sites (tertiary alicyclic amines) is 1. The molecule has 0 radical (unpaired) electrons. The second-order valence-electron chi connectivity index (χ2n) is 5.50. The molecule has 0 aliphatic carbocycles. The van der Waals surface area contributed by atoms with Gasteiger partial charge in [0, 0.05) is 11.1 Å². The second kappa shape index (κ2) is 6.43. The molecule has 0 spiro atoms. The molecule has 0 amide bonds. The largest absolute Gasteiger partial charge is 0.296 e. The average molecular weight is 286 g/mol. The molecule has 20 heavy (non-hydrogen) atoms. The zero-order valence-corrected chi connectivity index (χ0v) is 12.4. The second-order valence-corrected chi connectivity index (χ2v) is 5.94. The van der Waals surface area contributed by atoms with Gasteiger partial charge in [-0.3, -0.25) is 4.90 Å². The van der Waals surface area contributed by atoms with Gasteiger partial charge in [-0.15, -0.1) is 0 Å². The molecule has 1 aliphatic heterocycles. The predicted molar refractivity (Wildman–Crippen MR) is 85.1 cm³/mol. The van der Waals surface area contributed by atoms with Gasteiger partial charge in [-0.25, -0.2) is 0 Å². The average Bonchev–Trinajstić information content (AvgIpc) is 3.01. The van der Waals surface area contributed by atoms with Crippen LogP contribution in [0, 0.1) is 0 Å². The van der Waals surface area contributed by atoms with E-state index in [9.17, 15) is 0 Å². The van der Waals surface area contributed by atoms with E-state index in [0.29, 0.717) is 6.04 Å². The van der Waals surface area contributed by atoms with E-state index in [2.05, 4.69) is 47.4 Å². The van der Waals surface area contributed by atoms with Crippen LogP contribution in [0.2, 0.25) is 5.02 Å². The minimum atomic E-state index is 0.470. The van der Waals surface area contributed by atoms with Crippen LogP contribution in [0.1, 0.15) is 30.0 Å². The van der Waals surface area contributed by atoms with Gasteiger partial charge >= 0.3 is 0 Å². The molecule has 0 saturated carbocycles. The fraction of sp³-hybridized carbons (Fsp3) is 0.333. The van der Waals surface area contributed by atoms with E-state index in [1.807, 2.05) is 12.1 Å². The lowest BCUT2D eigenvalue weighted by atomic mass is 9.97. The molecule has 2 aromatic rings. The molecule has 0 N–H and O–H groups in total. The summed E-state index contributed by atoms with van der Waals surface area (Å²) in [6.07, 6.45) is 3.71. The molecule has 1 fully saturated rings. The van der Waals surface area contributed by atoms with Crippen molar-refractivity contribution < 1.29 is 0 Å². The van der Waals surface area contributed by atoms with Crippen molar-refractivity contribution in [1.82, 2.24) is 4.90 Å². The van der Waals surface area contributed by atoms with Gasteiger partial charge in [0.05, 0.1) is 0 Å². The first-order valence-electron chi connectivity index (χ1n) is 7.36. The molecule has 2 aromatic carbocycles. The number of hydrogen-bond donors (Lipinski definition) is 0. The van der Waals surface area contributed by atoms with Crippen molar-refractivity contribution in [2.75, 3.05) is 13.1 Å².